The van der Waals surface area contributed by atoms with Crippen molar-refractivity contribution in [1.82, 2.24) is 14.8 Å². The molecule has 2 aromatic rings. The summed E-state index contributed by atoms with van der Waals surface area (Å²) in [6.07, 6.45) is 3.55. The van der Waals surface area contributed by atoms with Crippen molar-refractivity contribution in [3.63, 3.8) is 0 Å². The zero-order valence-electron chi connectivity index (χ0n) is 16.1. The van der Waals surface area contributed by atoms with E-state index in [2.05, 4.69) is 21.2 Å². The van der Waals surface area contributed by atoms with Crippen LogP contribution in [0.5, 0.6) is 0 Å². The molecule has 0 radical (unpaired) electrons. The number of aromatic nitrogens is 1. The van der Waals surface area contributed by atoms with Gasteiger partial charge in [-0.25, -0.2) is 4.39 Å². The molecule has 1 atom stereocenters. The molecule has 6 nitrogen and oxygen atoms in total. The lowest BCUT2D eigenvalue weighted by Crippen LogP contribution is -2.70. The number of hydrogen-bond acceptors (Lipinski definition) is 4. The maximum atomic E-state index is 14.3. The Morgan fingerprint density at radius 2 is 2.10 bits per heavy atom. The summed E-state index contributed by atoms with van der Waals surface area (Å²) in [4.78, 5) is 26.9. The van der Waals surface area contributed by atoms with Gasteiger partial charge in [0.25, 0.3) is 11.5 Å². The van der Waals surface area contributed by atoms with Gasteiger partial charge in [-0.05, 0) is 42.6 Å². The topological polar surface area (TPSA) is 74.6 Å². The first-order valence-electron chi connectivity index (χ1n) is 9.65. The van der Waals surface area contributed by atoms with Crippen molar-refractivity contribution in [2.75, 3.05) is 19.6 Å². The number of amides is 1. The van der Waals surface area contributed by atoms with Crippen molar-refractivity contribution in [3.8, 4) is 0 Å². The molecule has 2 saturated heterocycles. The average molecular weight is 464 g/mol. The molecular formula is C21H23BrFN3O3. The number of β-amino-alcohol motifs (C(OH)–C–C–N with tert-alkyl or cyclic N) is 1. The molecule has 8 heteroatoms. The fourth-order valence-corrected chi connectivity index (χ4v) is 4.50. The van der Waals surface area contributed by atoms with Crippen LogP contribution < -0.4 is 10.9 Å². The van der Waals surface area contributed by atoms with Gasteiger partial charge in [0.15, 0.2) is 0 Å². The zero-order chi connectivity index (χ0) is 20.8. The molecule has 0 aliphatic carbocycles. The van der Waals surface area contributed by atoms with E-state index >= 15 is 0 Å². The molecule has 0 bridgehead atoms. The lowest BCUT2D eigenvalue weighted by atomic mass is 9.84. The molecule has 2 aliphatic heterocycles. The van der Waals surface area contributed by atoms with E-state index < -0.39 is 11.4 Å². The normalized spacial score (nSPS) is 20.6. The highest BCUT2D eigenvalue weighted by Gasteiger charge is 2.50. The molecule has 0 saturated carbocycles. The summed E-state index contributed by atoms with van der Waals surface area (Å²) in [5.41, 5.74) is 0.0739. The highest BCUT2D eigenvalue weighted by Crippen LogP contribution is 2.31. The van der Waals surface area contributed by atoms with E-state index in [1.165, 1.54) is 22.9 Å². The number of aliphatic hydroxyl groups is 1. The van der Waals surface area contributed by atoms with Gasteiger partial charge in [0, 0.05) is 36.2 Å². The summed E-state index contributed by atoms with van der Waals surface area (Å²) in [6.45, 7) is 1.38. The van der Waals surface area contributed by atoms with Crippen molar-refractivity contribution < 1.29 is 14.3 Å². The minimum atomic E-state index is -0.912. The number of halogens is 2. The number of carbonyl (C=O) groups is 1. The lowest BCUT2D eigenvalue weighted by Gasteiger charge is -2.49. The van der Waals surface area contributed by atoms with Crippen LogP contribution >= 0.6 is 15.9 Å². The quantitative estimate of drug-likeness (QED) is 0.724. The zero-order valence-corrected chi connectivity index (χ0v) is 17.7. The van der Waals surface area contributed by atoms with Crippen LogP contribution in [0.3, 0.4) is 0 Å². The largest absolute Gasteiger partial charge is 0.385 e. The van der Waals surface area contributed by atoms with Crippen LogP contribution in [0.1, 0.15) is 34.3 Å². The first kappa shape index (κ1) is 20.3. The van der Waals surface area contributed by atoms with Gasteiger partial charge in [0.2, 0.25) is 0 Å². The van der Waals surface area contributed by atoms with Gasteiger partial charge >= 0.3 is 0 Å². The molecule has 3 heterocycles. The van der Waals surface area contributed by atoms with E-state index in [1.807, 2.05) is 0 Å². The van der Waals surface area contributed by atoms with Gasteiger partial charge in [-0.15, -0.1) is 0 Å². The smallest absolute Gasteiger partial charge is 0.255 e. The lowest BCUT2D eigenvalue weighted by molar-refractivity contribution is -0.100. The first-order chi connectivity index (χ1) is 13.8. The van der Waals surface area contributed by atoms with Gasteiger partial charge in [0.1, 0.15) is 11.4 Å². The van der Waals surface area contributed by atoms with E-state index in [-0.39, 0.29) is 37.0 Å². The van der Waals surface area contributed by atoms with E-state index in [9.17, 15) is 19.1 Å². The van der Waals surface area contributed by atoms with Gasteiger partial charge in [0.05, 0.1) is 18.7 Å². The standard InChI is InChI=1S/C21H23BrFN3O3/c1-25-10-16(20(28)26-11-21(29,12-26)18-3-2-6-24-18)14(8-19(25)27)7-13-4-5-15(22)9-17(13)23/h4-5,8-10,18,24,29H,2-3,6-7,11-12H2,1H3/t18-/m0/s1. The maximum absolute atomic E-state index is 14.3. The number of likely N-dealkylation sites (tertiary alicyclic amines) is 1. The fraction of sp³-hybridized carbons (Fsp3) is 0.429. The summed E-state index contributed by atoms with van der Waals surface area (Å²) in [5.74, 6) is -0.653. The Morgan fingerprint density at radius 1 is 1.34 bits per heavy atom. The van der Waals surface area contributed by atoms with Crippen molar-refractivity contribution in [3.05, 3.63) is 67.8 Å². The van der Waals surface area contributed by atoms with Crippen molar-refractivity contribution in [1.29, 1.82) is 0 Å². The monoisotopic (exact) mass is 463 g/mol. The Bertz CT molecular complexity index is 1010. The molecule has 1 aromatic heterocycles. The van der Waals surface area contributed by atoms with E-state index in [1.54, 1.807) is 24.1 Å². The fourth-order valence-electron chi connectivity index (χ4n) is 4.17. The molecule has 2 aliphatic rings. The summed E-state index contributed by atoms with van der Waals surface area (Å²) in [6, 6.07) is 6.12. The van der Waals surface area contributed by atoms with Crippen LogP contribution in [-0.4, -0.2) is 51.8 Å². The number of aryl methyl sites for hydroxylation is 1. The number of carbonyl (C=O) groups excluding carboxylic acids is 1. The minimum Gasteiger partial charge on any atom is -0.385 e. The first-order valence-corrected chi connectivity index (χ1v) is 10.4. The highest BCUT2D eigenvalue weighted by atomic mass is 79.9. The number of benzene rings is 1. The van der Waals surface area contributed by atoms with Gasteiger partial charge in [-0.3, -0.25) is 9.59 Å². The van der Waals surface area contributed by atoms with Crippen molar-refractivity contribution in [2.45, 2.75) is 30.9 Å². The molecule has 4 rings (SSSR count). The molecule has 0 spiro atoms. The predicted molar refractivity (Wildman–Crippen MR) is 110 cm³/mol. The Labute approximate surface area is 176 Å². The maximum Gasteiger partial charge on any atom is 0.255 e. The Morgan fingerprint density at radius 3 is 2.76 bits per heavy atom. The van der Waals surface area contributed by atoms with Crippen LogP contribution in [0.2, 0.25) is 0 Å². The number of rotatable bonds is 4. The summed E-state index contributed by atoms with van der Waals surface area (Å²) in [7, 11) is 1.58. The highest BCUT2D eigenvalue weighted by molar-refractivity contribution is 9.10. The molecule has 29 heavy (non-hydrogen) atoms. The van der Waals surface area contributed by atoms with Crippen LogP contribution in [0.15, 0.2) is 39.7 Å². The van der Waals surface area contributed by atoms with E-state index in [4.69, 9.17) is 0 Å². The van der Waals surface area contributed by atoms with Gasteiger partial charge in [-0.1, -0.05) is 22.0 Å². The van der Waals surface area contributed by atoms with Crippen LogP contribution in [0, 0.1) is 5.82 Å². The Hall–Kier alpha value is -2.03. The van der Waals surface area contributed by atoms with E-state index in [0.29, 0.717) is 21.2 Å². The molecule has 2 N–H and O–H groups in total. The summed E-state index contributed by atoms with van der Waals surface area (Å²) in [5, 5.41) is 14.1. The molecule has 1 amide bonds. The molecule has 1 aromatic carbocycles. The molecule has 2 fully saturated rings. The Kier molecular flexibility index (Phi) is 5.35. The van der Waals surface area contributed by atoms with Gasteiger partial charge in [-0.2, -0.15) is 0 Å². The third-order valence-electron chi connectivity index (χ3n) is 5.87. The second kappa shape index (κ2) is 7.66. The van der Waals surface area contributed by atoms with Crippen molar-refractivity contribution in [2.24, 2.45) is 7.05 Å². The number of nitrogens with one attached hydrogen (secondary N) is 1. The van der Waals surface area contributed by atoms with Crippen molar-refractivity contribution >= 4 is 21.8 Å². The van der Waals surface area contributed by atoms with Gasteiger partial charge < -0.3 is 19.9 Å². The van der Waals surface area contributed by atoms with E-state index in [0.717, 1.165) is 19.4 Å². The second-order valence-electron chi connectivity index (χ2n) is 7.99. The second-order valence-corrected chi connectivity index (χ2v) is 8.90. The predicted octanol–water partition coefficient (Wildman–Crippen LogP) is 1.82. The van der Waals surface area contributed by atoms with Crippen LogP contribution in [0.25, 0.3) is 0 Å². The third-order valence-corrected chi connectivity index (χ3v) is 6.36. The minimum absolute atomic E-state index is 0.00279. The SMILES string of the molecule is Cn1cc(C(=O)N2CC(O)([C@@H]3CCCN3)C2)c(Cc2ccc(Br)cc2F)cc1=O. The summed E-state index contributed by atoms with van der Waals surface area (Å²) < 4.78 is 16.3. The average Bonchev–Trinajstić information content (AvgIpc) is 3.19. The molecule has 154 valence electrons. The number of pyridine rings is 1. The molecule has 0 unspecified atom stereocenters. The van der Waals surface area contributed by atoms with Crippen LogP contribution in [-0.2, 0) is 13.5 Å². The Balaban J connectivity index is 1.59. The third kappa shape index (κ3) is 3.89. The summed E-state index contributed by atoms with van der Waals surface area (Å²) >= 11 is 3.23. The number of nitrogens with zero attached hydrogens (tertiary/aromatic N) is 2. The molecular weight excluding hydrogens is 441 g/mol. The van der Waals surface area contributed by atoms with Crippen LogP contribution in [0.4, 0.5) is 4.39 Å². The number of hydrogen-bond donors (Lipinski definition) is 2.